The van der Waals surface area contributed by atoms with Gasteiger partial charge in [-0.2, -0.15) is 4.31 Å². The van der Waals surface area contributed by atoms with Crippen molar-refractivity contribution in [1.82, 2.24) is 9.62 Å². The molecule has 2 aromatic rings. The summed E-state index contributed by atoms with van der Waals surface area (Å²) in [6.07, 6.45) is 0. The number of carbonyl (C=O) groups is 1. The third-order valence-electron chi connectivity index (χ3n) is 4.44. The summed E-state index contributed by atoms with van der Waals surface area (Å²) in [7, 11) is -2.32. The van der Waals surface area contributed by atoms with Gasteiger partial charge in [-0.3, -0.25) is 4.79 Å². The fourth-order valence-electron chi connectivity index (χ4n) is 2.89. The molecule has 0 spiro atoms. The summed E-state index contributed by atoms with van der Waals surface area (Å²) in [5, 5.41) is 2.77. The lowest BCUT2D eigenvalue weighted by atomic mass is 10.2. The molecule has 156 valence electrons. The molecule has 1 saturated heterocycles. The van der Waals surface area contributed by atoms with E-state index in [0.29, 0.717) is 19.0 Å². The van der Waals surface area contributed by atoms with E-state index >= 15 is 0 Å². The molecule has 0 aliphatic carbocycles. The van der Waals surface area contributed by atoms with Crippen molar-refractivity contribution in [3.05, 3.63) is 57.6 Å². The summed E-state index contributed by atoms with van der Waals surface area (Å²) >= 11 is 12.3. The lowest BCUT2D eigenvalue weighted by molar-refractivity contribution is 0.0730. The molecule has 3 rings (SSSR count). The molecule has 0 unspecified atom stereocenters. The van der Waals surface area contributed by atoms with Crippen LogP contribution in [0.4, 0.5) is 0 Å². The van der Waals surface area contributed by atoms with E-state index in [1.54, 1.807) is 19.2 Å². The zero-order valence-electron chi connectivity index (χ0n) is 15.7. The van der Waals surface area contributed by atoms with Crippen molar-refractivity contribution in [3.63, 3.8) is 0 Å². The summed E-state index contributed by atoms with van der Waals surface area (Å²) in [6.45, 7) is 1.27. The van der Waals surface area contributed by atoms with Crippen molar-refractivity contribution in [1.29, 1.82) is 0 Å². The van der Waals surface area contributed by atoms with Crippen molar-refractivity contribution in [2.45, 2.75) is 11.4 Å². The van der Waals surface area contributed by atoms with Crippen LogP contribution < -0.4 is 10.1 Å². The van der Waals surface area contributed by atoms with E-state index < -0.39 is 15.9 Å². The van der Waals surface area contributed by atoms with Gasteiger partial charge in [0.15, 0.2) is 0 Å². The summed E-state index contributed by atoms with van der Waals surface area (Å²) in [5.74, 6) is 0.160. The smallest absolute Gasteiger partial charge is 0.253 e. The first-order valence-electron chi connectivity index (χ1n) is 8.81. The Balaban J connectivity index is 1.83. The van der Waals surface area contributed by atoms with Gasteiger partial charge in [-0.15, -0.1) is 0 Å². The van der Waals surface area contributed by atoms with Crippen LogP contribution in [0.1, 0.15) is 15.9 Å². The van der Waals surface area contributed by atoms with Crippen LogP contribution in [0.3, 0.4) is 0 Å². The minimum Gasteiger partial charge on any atom is -0.497 e. The number of hydrogen-bond donors (Lipinski definition) is 1. The number of halogens is 2. The standard InChI is InChI=1S/C19H20Cl2N2O5S/c1-27-14-4-2-3-13(9-14)12-22-19(24)15-10-18(17(21)11-16(15)20)29(25,26)23-5-7-28-8-6-23/h2-4,9-11H,5-8,12H2,1H3,(H,22,24). The number of nitrogens with zero attached hydrogens (tertiary/aromatic N) is 1. The number of sulfonamides is 1. The van der Waals surface area contributed by atoms with Gasteiger partial charge in [0.05, 0.1) is 35.9 Å². The van der Waals surface area contributed by atoms with Crippen LogP contribution >= 0.6 is 23.2 Å². The highest BCUT2D eigenvalue weighted by molar-refractivity contribution is 7.89. The molecule has 10 heteroatoms. The Labute approximate surface area is 179 Å². The molecule has 1 N–H and O–H groups in total. The van der Waals surface area contributed by atoms with E-state index in [1.165, 1.54) is 16.4 Å². The molecule has 2 aromatic carbocycles. The zero-order valence-corrected chi connectivity index (χ0v) is 18.0. The number of nitrogens with one attached hydrogen (secondary N) is 1. The number of benzene rings is 2. The Morgan fingerprint density at radius 2 is 1.90 bits per heavy atom. The molecule has 1 heterocycles. The molecule has 0 radical (unpaired) electrons. The molecule has 1 aliphatic rings. The summed E-state index contributed by atoms with van der Waals surface area (Å²) < 4.78 is 37.5. The van der Waals surface area contributed by atoms with Crippen molar-refractivity contribution < 1.29 is 22.7 Å². The molecule has 29 heavy (non-hydrogen) atoms. The first-order chi connectivity index (χ1) is 13.8. The molecule has 1 amide bonds. The molecule has 1 aliphatic heterocycles. The maximum Gasteiger partial charge on any atom is 0.253 e. The van der Waals surface area contributed by atoms with Gasteiger partial charge in [-0.05, 0) is 29.8 Å². The molecule has 0 atom stereocenters. The van der Waals surface area contributed by atoms with Gasteiger partial charge in [0.1, 0.15) is 10.6 Å². The first-order valence-corrected chi connectivity index (χ1v) is 11.0. The molecule has 0 saturated carbocycles. The van der Waals surface area contributed by atoms with E-state index in [2.05, 4.69) is 5.32 Å². The predicted molar refractivity (Wildman–Crippen MR) is 110 cm³/mol. The van der Waals surface area contributed by atoms with Crippen molar-refractivity contribution in [3.8, 4) is 5.75 Å². The highest BCUT2D eigenvalue weighted by atomic mass is 35.5. The maximum absolute atomic E-state index is 12.9. The Morgan fingerprint density at radius 1 is 1.17 bits per heavy atom. The second kappa shape index (κ2) is 9.32. The highest BCUT2D eigenvalue weighted by Gasteiger charge is 2.30. The highest BCUT2D eigenvalue weighted by Crippen LogP contribution is 2.31. The molecular weight excluding hydrogens is 439 g/mol. The SMILES string of the molecule is COc1cccc(CNC(=O)c2cc(S(=O)(=O)N3CCOCC3)c(Cl)cc2Cl)c1. The van der Waals surface area contributed by atoms with Crippen molar-refractivity contribution in [2.24, 2.45) is 0 Å². The van der Waals surface area contributed by atoms with Gasteiger partial charge in [-0.1, -0.05) is 35.3 Å². The first kappa shape index (κ1) is 21.9. The fraction of sp³-hybridized carbons (Fsp3) is 0.316. The number of carbonyl (C=O) groups excluding carboxylic acids is 1. The Hall–Kier alpha value is -1.84. The van der Waals surface area contributed by atoms with Gasteiger partial charge in [-0.25, -0.2) is 8.42 Å². The second-order valence-corrected chi connectivity index (χ2v) is 9.03. The Bertz CT molecular complexity index is 1010. The lowest BCUT2D eigenvalue weighted by Crippen LogP contribution is -2.40. The monoisotopic (exact) mass is 458 g/mol. The largest absolute Gasteiger partial charge is 0.497 e. The van der Waals surface area contributed by atoms with Crippen LogP contribution in [0.15, 0.2) is 41.3 Å². The van der Waals surface area contributed by atoms with E-state index in [0.717, 1.165) is 5.56 Å². The van der Waals surface area contributed by atoms with E-state index in [-0.39, 0.29) is 40.1 Å². The van der Waals surface area contributed by atoms with E-state index in [4.69, 9.17) is 32.7 Å². The van der Waals surface area contributed by atoms with Crippen LogP contribution in [-0.2, 0) is 21.3 Å². The van der Waals surface area contributed by atoms with E-state index in [9.17, 15) is 13.2 Å². The number of methoxy groups -OCH3 is 1. The van der Waals surface area contributed by atoms with Crippen LogP contribution in [-0.4, -0.2) is 52.0 Å². The lowest BCUT2D eigenvalue weighted by Gasteiger charge is -2.26. The van der Waals surface area contributed by atoms with Gasteiger partial charge < -0.3 is 14.8 Å². The Morgan fingerprint density at radius 3 is 2.59 bits per heavy atom. The third kappa shape index (κ3) is 5.02. The van der Waals surface area contributed by atoms with Gasteiger partial charge in [0.2, 0.25) is 10.0 Å². The topological polar surface area (TPSA) is 84.9 Å². The third-order valence-corrected chi connectivity index (χ3v) is 7.12. The molecule has 1 fully saturated rings. The van der Waals surface area contributed by atoms with Crippen LogP contribution in [0.2, 0.25) is 10.0 Å². The normalized spacial score (nSPS) is 15.1. The van der Waals surface area contributed by atoms with Crippen molar-refractivity contribution >= 4 is 39.1 Å². The minimum atomic E-state index is -3.88. The average Bonchev–Trinajstić information content (AvgIpc) is 2.72. The van der Waals surface area contributed by atoms with Gasteiger partial charge in [0.25, 0.3) is 5.91 Å². The minimum absolute atomic E-state index is 0.0331. The number of ether oxygens (including phenoxy) is 2. The summed E-state index contributed by atoms with van der Waals surface area (Å²) in [4.78, 5) is 12.5. The van der Waals surface area contributed by atoms with Gasteiger partial charge in [0, 0.05) is 19.6 Å². The number of rotatable bonds is 6. The fourth-order valence-corrected chi connectivity index (χ4v) is 5.13. The number of hydrogen-bond acceptors (Lipinski definition) is 5. The molecule has 0 bridgehead atoms. The zero-order chi connectivity index (χ0) is 21.0. The Kier molecular flexibility index (Phi) is 7.02. The molecule has 0 aromatic heterocycles. The van der Waals surface area contributed by atoms with Crippen molar-refractivity contribution in [2.75, 3.05) is 33.4 Å². The van der Waals surface area contributed by atoms with Crippen LogP contribution in [0.5, 0.6) is 5.75 Å². The predicted octanol–water partition coefficient (Wildman–Crippen LogP) is 2.95. The summed E-state index contributed by atoms with van der Waals surface area (Å²) in [6, 6.07) is 9.72. The summed E-state index contributed by atoms with van der Waals surface area (Å²) in [5.41, 5.74) is 0.856. The molecular formula is C19H20Cl2N2O5S. The number of amides is 1. The van der Waals surface area contributed by atoms with Gasteiger partial charge >= 0.3 is 0 Å². The maximum atomic E-state index is 12.9. The second-order valence-electron chi connectivity index (χ2n) is 6.31. The van der Waals surface area contributed by atoms with E-state index in [1.807, 2.05) is 12.1 Å². The van der Waals surface area contributed by atoms with Crippen LogP contribution in [0.25, 0.3) is 0 Å². The number of morpholine rings is 1. The average molecular weight is 459 g/mol. The van der Waals surface area contributed by atoms with Crippen LogP contribution in [0, 0.1) is 0 Å². The quantitative estimate of drug-likeness (QED) is 0.718. The molecule has 7 nitrogen and oxygen atoms in total.